The van der Waals surface area contributed by atoms with Crippen molar-refractivity contribution in [3.63, 3.8) is 0 Å². The normalized spacial score (nSPS) is 10.7. The van der Waals surface area contributed by atoms with E-state index in [2.05, 4.69) is 4.98 Å². The summed E-state index contributed by atoms with van der Waals surface area (Å²) in [6, 6.07) is 7.53. The van der Waals surface area contributed by atoms with Gasteiger partial charge in [0.15, 0.2) is 0 Å². The minimum Gasteiger partial charge on any atom is -0.481 e. The molecule has 2 aromatic rings. The van der Waals surface area contributed by atoms with Crippen LogP contribution in [0.15, 0.2) is 35.2 Å². The van der Waals surface area contributed by atoms with E-state index in [0.29, 0.717) is 35.9 Å². The molecule has 2 rings (SSSR count). The summed E-state index contributed by atoms with van der Waals surface area (Å²) in [7, 11) is 0. The molecule has 1 heterocycles. The summed E-state index contributed by atoms with van der Waals surface area (Å²) in [4.78, 5) is 14.6. The largest absolute Gasteiger partial charge is 0.481 e. The van der Waals surface area contributed by atoms with Crippen molar-refractivity contribution in [1.82, 2.24) is 4.98 Å². The zero-order chi connectivity index (χ0) is 18.2. The smallest absolute Gasteiger partial charge is 0.303 e. The molecular formula is C18H19F2NO3S. The molecule has 0 fully saturated rings. The van der Waals surface area contributed by atoms with E-state index in [9.17, 15) is 13.6 Å². The Morgan fingerprint density at radius 3 is 2.64 bits per heavy atom. The fourth-order valence-electron chi connectivity index (χ4n) is 2.11. The first kappa shape index (κ1) is 19.2. The first-order valence-corrected chi connectivity index (χ1v) is 8.93. The predicted molar refractivity (Wildman–Crippen MR) is 93.0 cm³/mol. The van der Waals surface area contributed by atoms with Crippen molar-refractivity contribution in [3.8, 4) is 17.1 Å². The van der Waals surface area contributed by atoms with E-state index in [1.807, 2.05) is 6.92 Å². The lowest BCUT2D eigenvalue weighted by Gasteiger charge is -2.09. The third-order valence-electron chi connectivity index (χ3n) is 3.25. The molecule has 0 saturated heterocycles. The minimum atomic E-state index is -0.923. The Bertz CT molecular complexity index is 717. The van der Waals surface area contributed by atoms with Gasteiger partial charge in [-0.05, 0) is 36.8 Å². The van der Waals surface area contributed by atoms with E-state index >= 15 is 0 Å². The van der Waals surface area contributed by atoms with E-state index < -0.39 is 17.6 Å². The molecule has 1 aromatic heterocycles. The Morgan fingerprint density at radius 1 is 1.28 bits per heavy atom. The fourth-order valence-corrected chi connectivity index (χ4v) is 2.99. The van der Waals surface area contributed by atoms with Crippen molar-refractivity contribution in [2.75, 3.05) is 12.4 Å². The Labute approximate surface area is 149 Å². The summed E-state index contributed by atoms with van der Waals surface area (Å²) in [6.45, 7) is 2.49. The minimum absolute atomic E-state index is 0.0250. The van der Waals surface area contributed by atoms with E-state index in [1.165, 1.54) is 12.1 Å². The number of nitrogens with zero attached hydrogens (tertiary/aromatic N) is 1. The molecule has 1 aromatic carbocycles. The third-order valence-corrected chi connectivity index (χ3v) is 4.42. The van der Waals surface area contributed by atoms with Gasteiger partial charge in [0, 0.05) is 18.1 Å². The molecule has 0 amide bonds. The summed E-state index contributed by atoms with van der Waals surface area (Å²) in [5.74, 6) is -1.55. The highest BCUT2D eigenvalue weighted by molar-refractivity contribution is 7.99. The molecule has 0 unspecified atom stereocenters. The van der Waals surface area contributed by atoms with Crippen LogP contribution in [0.25, 0.3) is 11.3 Å². The topological polar surface area (TPSA) is 59.4 Å². The number of aromatic nitrogens is 1. The van der Waals surface area contributed by atoms with Gasteiger partial charge in [-0.25, -0.2) is 13.8 Å². The van der Waals surface area contributed by atoms with Crippen LogP contribution < -0.4 is 4.74 Å². The average molecular weight is 367 g/mol. The summed E-state index contributed by atoms with van der Waals surface area (Å²) < 4.78 is 33.9. The number of halogens is 2. The van der Waals surface area contributed by atoms with Crippen molar-refractivity contribution in [1.29, 1.82) is 0 Å². The number of carbonyl (C=O) groups is 1. The number of aliphatic carboxylic acids is 1. The number of pyridine rings is 1. The lowest BCUT2D eigenvalue weighted by atomic mass is 10.1. The summed E-state index contributed by atoms with van der Waals surface area (Å²) in [5, 5.41) is 8.58. The lowest BCUT2D eigenvalue weighted by Crippen LogP contribution is -1.99. The Balaban J connectivity index is 2.14. The molecular weight excluding hydrogens is 348 g/mol. The summed E-state index contributed by atoms with van der Waals surface area (Å²) in [5.41, 5.74) is 0.751. The molecule has 134 valence electrons. The number of hydrogen-bond donors (Lipinski definition) is 1. The van der Waals surface area contributed by atoms with Crippen LogP contribution in [0.3, 0.4) is 0 Å². The van der Waals surface area contributed by atoms with Crippen LogP contribution in [-0.4, -0.2) is 28.4 Å². The molecule has 0 bridgehead atoms. The van der Waals surface area contributed by atoms with Crippen LogP contribution in [0, 0.1) is 11.6 Å². The number of thioether (sulfide) groups is 1. The molecule has 0 aliphatic heterocycles. The lowest BCUT2D eigenvalue weighted by molar-refractivity contribution is -0.137. The monoisotopic (exact) mass is 367 g/mol. The van der Waals surface area contributed by atoms with Crippen LogP contribution in [0.1, 0.15) is 26.2 Å². The first-order valence-electron chi connectivity index (χ1n) is 7.95. The molecule has 0 atom stereocenters. The predicted octanol–water partition coefficient (Wildman–Crippen LogP) is 4.77. The van der Waals surface area contributed by atoms with Crippen LogP contribution in [0.4, 0.5) is 8.78 Å². The van der Waals surface area contributed by atoms with Crippen molar-refractivity contribution < 1.29 is 23.4 Å². The molecule has 0 radical (unpaired) electrons. The van der Waals surface area contributed by atoms with Gasteiger partial charge < -0.3 is 9.84 Å². The number of ether oxygens (including phenoxy) is 1. The maximum Gasteiger partial charge on any atom is 0.303 e. The Hall–Kier alpha value is -2.15. The zero-order valence-electron chi connectivity index (χ0n) is 13.8. The van der Waals surface area contributed by atoms with Gasteiger partial charge >= 0.3 is 5.97 Å². The Kier molecular flexibility index (Phi) is 7.18. The van der Waals surface area contributed by atoms with Gasteiger partial charge in [0.2, 0.25) is 5.88 Å². The number of hydrogen-bond acceptors (Lipinski definition) is 4. The van der Waals surface area contributed by atoms with Crippen molar-refractivity contribution >= 4 is 17.7 Å². The second-order valence-corrected chi connectivity index (χ2v) is 6.43. The standard InChI is InChI=1S/C18H19F2NO3S/c1-2-8-24-16-6-3-5-15(21-16)12-10-13(19)18(14(20)11-12)25-9-4-7-17(22)23/h3,5-6,10-11H,2,4,7-9H2,1H3,(H,22,23). The molecule has 0 saturated carbocycles. The number of benzene rings is 1. The quantitative estimate of drug-likeness (QED) is 0.511. The highest BCUT2D eigenvalue weighted by Crippen LogP contribution is 2.31. The number of carboxylic acids is 1. The van der Waals surface area contributed by atoms with Gasteiger partial charge in [0.1, 0.15) is 11.6 Å². The van der Waals surface area contributed by atoms with Gasteiger partial charge in [-0.1, -0.05) is 13.0 Å². The van der Waals surface area contributed by atoms with E-state index in [-0.39, 0.29) is 11.3 Å². The Morgan fingerprint density at radius 2 is 2.00 bits per heavy atom. The molecule has 4 nitrogen and oxygen atoms in total. The van der Waals surface area contributed by atoms with Crippen LogP contribution in [0.5, 0.6) is 5.88 Å². The van der Waals surface area contributed by atoms with E-state index in [0.717, 1.165) is 18.2 Å². The van der Waals surface area contributed by atoms with E-state index in [4.69, 9.17) is 9.84 Å². The van der Waals surface area contributed by atoms with Crippen molar-refractivity contribution in [2.24, 2.45) is 0 Å². The molecule has 7 heteroatoms. The van der Waals surface area contributed by atoms with Crippen LogP contribution >= 0.6 is 11.8 Å². The highest BCUT2D eigenvalue weighted by Gasteiger charge is 2.14. The average Bonchev–Trinajstić information content (AvgIpc) is 2.58. The van der Waals surface area contributed by atoms with Gasteiger partial charge in [-0.15, -0.1) is 11.8 Å². The maximum atomic E-state index is 14.2. The highest BCUT2D eigenvalue weighted by atomic mass is 32.2. The van der Waals surface area contributed by atoms with E-state index in [1.54, 1.807) is 18.2 Å². The zero-order valence-corrected chi connectivity index (χ0v) is 14.6. The number of rotatable bonds is 9. The van der Waals surface area contributed by atoms with Crippen molar-refractivity contribution in [3.05, 3.63) is 42.0 Å². The number of carboxylic acid groups (broad SMARTS) is 1. The second kappa shape index (κ2) is 9.36. The fraction of sp³-hybridized carbons (Fsp3) is 0.333. The summed E-state index contributed by atoms with van der Waals surface area (Å²) in [6.07, 6.45) is 1.16. The van der Waals surface area contributed by atoms with Gasteiger partial charge in [0.25, 0.3) is 0 Å². The van der Waals surface area contributed by atoms with Gasteiger partial charge in [-0.3, -0.25) is 4.79 Å². The van der Waals surface area contributed by atoms with Gasteiger partial charge in [0.05, 0.1) is 17.2 Å². The second-order valence-electron chi connectivity index (χ2n) is 5.32. The molecule has 0 aliphatic rings. The first-order chi connectivity index (χ1) is 12.0. The van der Waals surface area contributed by atoms with Crippen LogP contribution in [0.2, 0.25) is 0 Å². The molecule has 0 spiro atoms. The summed E-state index contributed by atoms with van der Waals surface area (Å²) >= 11 is 0.975. The van der Waals surface area contributed by atoms with Crippen molar-refractivity contribution in [2.45, 2.75) is 31.1 Å². The SMILES string of the molecule is CCCOc1cccc(-c2cc(F)c(SCCCC(=O)O)c(F)c2)n1. The molecule has 25 heavy (non-hydrogen) atoms. The maximum absolute atomic E-state index is 14.2. The molecule has 0 aliphatic carbocycles. The third kappa shape index (κ3) is 5.70. The van der Waals surface area contributed by atoms with Crippen LogP contribution in [-0.2, 0) is 4.79 Å². The van der Waals surface area contributed by atoms with Gasteiger partial charge in [-0.2, -0.15) is 0 Å². The molecule has 1 N–H and O–H groups in total.